The molecule has 0 unspecified atom stereocenters. The van der Waals surface area contributed by atoms with Crippen LogP contribution >= 0.6 is 0 Å². The van der Waals surface area contributed by atoms with E-state index in [0.717, 1.165) is 67.0 Å². The summed E-state index contributed by atoms with van der Waals surface area (Å²) < 4.78 is 4.76. The molecule has 0 aliphatic rings. The molecule has 0 bridgehead atoms. The molecule has 12 aromatic rings. The van der Waals surface area contributed by atoms with E-state index < -0.39 is 0 Å². The van der Waals surface area contributed by atoms with Crippen molar-refractivity contribution in [2.75, 3.05) is 0 Å². The standard InChI is InChI=1S/C53H33N5/c1-4-16-35(17-5-1)51-44-31-37(28-30-46(44)55-53(56-51)36-18-6-2-7-19-36)45-24-14-26-50(54-45)58-47-25-13-12-23-40(47)42-32-43-41-29-27-34-15-10-11-22-39(34)52(41)57(48(43)33-49(42)58)38-20-8-3-9-21-38/h1-33H. The van der Waals surface area contributed by atoms with Crippen molar-refractivity contribution >= 4 is 65.3 Å². The fraction of sp³-hybridized carbons (Fsp3) is 0. The predicted octanol–water partition coefficient (Wildman–Crippen LogP) is 13.4. The van der Waals surface area contributed by atoms with Gasteiger partial charge in [-0.05, 0) is 60.0 Å². The Morgan fingerprint density at radius 2 is 1.03 bits per heavy atom. The molecule has 58 heavy (non-hydrogen) atoms. The molecule has 4 heterocycles. The second kappa shape index (κ2) is 12.8. The molecule has 5 nitrogen and oxygen atoms in total. The molecule has 0 radical (unpaired) electrons. The Kier molecular flexibility index (Phi) is 7.16. The zero-order valence-electron chi connectivity index (χ0n) is 31.3. The number of nitrogens with zero attached hydrogens (tertiary/aromatic N) is 5. The molecule has 8 aromatic carbocycles. The van der Waals surface area contributed by atoms with E-state index in [-0.39, 0.29) is 0 Å². The highest BCUT2D eigenvalue weighted by Crippen LogP contribution is 2.42. The Morgan fingerprint density at radius 3 is 1.86 bits per heavy atom. The van der Waals surface area contributed by atoms with Gasteiger partial charge in [0.2, 0.25) is 0 Å². The van der Waals surface area contributed by atoms with Crippen molar-refractivity contribution in [2.24, 2.45) is 0 Å². The van der Waals surface area contributed by atoms with E-state index in [0.29, 0.717) is 5.82 Å². The van der Waals surface area contributed by atoms with Crippen LogP contribution in [0, 0.1) is 0 Å². The highest BCUT2D eigenvalue weighted by molar-refractivity contribution is 6.23. The third-order valence-corrected chi connectivity index (χ3v) is 11.5. The van der Waals surface area contributed by atoms with Gasteiger partial charge in [-0.1, -0.05) is 146 Å². The van der Waals surface area contributed by atoms with Crippen molar-refractivity contribution in [3.8, 4) is 45.4 Å². The maximum absolute atomic E-state index is 5.42. The Labute approximate surface area is 333 Å². The van der Waals surface area contributed by atoms with Gasteiger partial charge in [0.05, 0.1) is 39.0 Å². The van der Waals surface area contributed by atoms with Crippen LogP contribution in [0.15, 0.2) is 200 Å². The van der Waals surface area contributed by atoms with Crippen LogP contribution < -0.4 is 0 Å². The molecule has 12 rings (SSSR count). The molecule has 4 aromatic heterocycles. The van der Waals surface area contributed by atoms with E-state index in [2.05, 4.69) is 185 Å². The van der Waals surface area contributed by atoms with E-state index in [1.54, 1.807) is 0 Å². The summed E-state index contributed by atoms with van der Waals surface area (Å²) in [4.78, 5) is 15.6. The first-order valence-electron chi connectivity index (χ1n) is 19.6. The average Bonchev–Trinajstić information content (AvgIpc) is 3.81. The number of para-hydroxylation sites is 2. The fourth-order valence-electron chi connectivity index (χ4n) is 8.86. The lowest BCUT2D eigenvalue weighted by Crippen LogP contribution is -1.99. The summed E-state index contributed by atoms with van der Waals surface area (Å²) in [5.41, 5.74) is 11.4. The summed E-state index contributed by atoms with van der Waals surface area (Å²) >= 11 is 0. The molecule has 5 heteroatoms. The van der Waals surface area contributed by atoms with E-state index in [4.69, 9.17) is 15.0 Å². The highest BCUT2D eigenvalue weighted by atomic mass is 15.1. The van der Waals surface area contributed by atoms with Gasteiger partial charge in [0.15, 0.2) is 5.82 Å². The van der Waals surface area contributed by atoms with Crippen LogP contribution in [0.3, 0.4) is 0 Å². The normalized spacial score (nSPS) is 11.8. The predicted molar refractivity (Wildman–Crippen MR) is 240 cm³/mol. The van der Waals surface area contributed by atoms with Crippen molar-refractivity contribution in [3.63, 3.8) is 0 Å². The first-order valence-corrected chi connectivity index (χ1v) is 19.6. The summed E-state index contributed by atoms with van der Waals surface area (Å²) in [6.07, 6.45) is 0. The Hall–Kier alpha value is -7.89. The van der Waals surface area contributed by atoms with Gasteiger partial charge in [-0.3, -0.25) is 4.57 Å². The first kappa shape index (κ1) is 32.4. The summed E-state index contributed by atoms with van der Waals surface area (Å²) in [6, 6.07) is 70.7. The van der Waals surface area contributed by atoms with Gasteiger partial charge in [0.25, 0.3) is 0 Å². The number of benzene rings is 8. The molecule has 0 saturated heterocycles. The minimum absolute atomic E-state index is 0.708. The Balaban J connectivity index is 1.08. The first-order chi connectivity index (χ1) is 28.8. The van der Waals surface area contributed by atoms with Crippen LogP contribution in [0.1, 0.15) is 0 Å². The number of fused-ring (bicyclic) bond motifs is 9. The van der Waals surface area contributed by atoms with Gasteiger partial charge < -0.3 is 4.57 Å². The molecule has 0 amide bonds. The molecule has 0 aliphatic carbocycles. The highest BCUT2D eigenvalue weighted by Gasteiger charge is 2.21. The van der Waals surface area contributed by atoms with Crippen molar-refractivity contribution in [1.29, 1.82) is 0 Å². The van der Waals surface area contributed by atoms with Crippen molar-refractivity contribution < 1.29 is 0 Å². The molecule has 0 N–H and O–H groups in total. The SMILES string of the molecule is c1ccc(-c2nc(-c3ccccc3)c3cc(-c4cccc(-n5c6ccccc6c6cc7c8ccc9ccccc9c8n(-c8ccccc8)c7cc65)n4)ccc3n2)cc1. The third-order valence-electron chi connectivity index (χ3n) is 11.5. The van der Waals surface area contributed by atoms with Crippen LogP contribution in [-0.2, 0) is 0 Å². The second-order valence-electron chi connectivity index (χ2n) is 14.8. The Bertz CT molecular complexity index is 3550. The minimum Gasteiger partial charge on any atom is -0.309 e. The maximum Gasteiger partial charge on any atom is 0.160 e. The largest absolute Gasteiger partial charge is 0.309 e. The van der Waals surface area contributed by atoms with Crippen LogP contribution in [0.2, 0.25) is 0 Å². The lowest BCUT2D eigenvalue weighted by molar-refractivity contribution is 1.08. The molecular weight excluding hydrogens is 707 g/mol. The molecule has 0 saturated carbocycles. The monoisotopic (exact) mass is 739 g/mol. The van der Waals surface area contributed by atoms with Gasteiger partial charge in [-0.2, -0.15) is 0 Å². The fourth-order valence-corrected chi connectivity index (χ4v) is 8.86. The van der Waals surface area contributed by atoms with E-state index in [9.17, 15) is 0 Å². The summed E-state index contributed by atoms with van der Waals surface area (Å²) in [7, 11) is 0. The second-order valence-corrected chi connectivity index (χ2v) is 14.8. The summed E-state index contributed by atoms with van der Waals surface area (Å²) in [5, 5.41) is 8.30. The molecule has 270 valence electrons. The van der Waals surface area contributed by atoms with Gasteiger partial charge in [-0.15, -0.1) is 0 Å². The lowest BCUT2D eigenvalue weighted by Gasteiger charge is -2.13. The van der Waals surface area contributed by atoms with Crippen molar-refractivity contribution in [1.82, 2.24) is 24.1 Å². The van der Waals surface area contributed by atoms with Crippen LogP contribution in [-0.4, -0.2) is 24.1 Å². The van der Waals surface area contributed by atoms with Gasteiger partial charge in [-0.25, -0.2) is 15.0 Å². The zero-order valence-corrected chi connectivity index (χ0v) is 31.3. The molecule has 0 fully saturated rings. The third kappa shape index (κ3) is 5.00. The maximum atomic E-state index is 5.42. The zero-order chi connectivity index (χ0) is 38.2. The van der Waals surface area contributed by atoms with Crippen molar-refractivity contribution in [3.05, 3.63) is 200 Å². The topological polar surface area (TPSA) is 48.5 Å². The van der Waals surface area contributed by atoms with Crippen LogP contribution in [0.5, 0.6) is 0 Å². The number of rotatable bonds is 5. The van der Waals surface area contributed by atoms with Crippen LogP contribution in [0.4, 0.5) is 0 Å². The molecular formula is C53H33N5. The average molecular weight is 740 g/mol. The van der Waals surface area contributed by atoms with Crippen LogP contribution in [0.25, 0.3) is 111 Å². The van der Waals surface area contributed by atoms with E-state index >= 15 is 0 Å². The minimum atomic E-state index is 0.708. The van der Waals surface area contributed by atoms with Gasteiger partial charge in [0, 0.05) is 54.7 Å². The van der Waals surface area contributed by atoms with E-state index in [1.165, 1.54) is 37.8 Å². The van der Waals surface area contributed by atoms with Gasteiger partial charge >= 0.3 is 0 Å². The number of hydrogen-bond donors (Lipinski definition) is 0. The molecule has 0 aliphatic heterocycles. The van der Waals surface area contributed by atoms with Crippen molar-refractivity contribution in [2.45, 2.75) is 0 Å². The summed E-state index contributed by atoms with van der Waals surface area (Å²) in [5.74, 6) is 1.56. The van der Waals surface area contributed by atoms with Gasteiger partial charge in [0.1, 0.15) is 5.82 Å². The quantitative estimate of drug-likeness (QED) is 0.177. The van der Waals surface area contributed by atoms with E-state index in [1.807, 2.05) is 24.3 Å². The molecule has 0 atom stereocenters. The number of hydrogen-bond acceptors (Lipinski definition) is 3. The number of pyridine rings is 1. The smallest absolute Gasteiger partial charge is 0.160 e. The molecule has 0 spiro atoms. The number of aromatic nitrogens is 5. The lowest BCUT2D eigenvalue weighted by atomic mass is 10.0. The summed E-state index contributed by atoms with van der Waals surface area (Å²) in [6.45, 7) is 0. The Morgan fingerprint density at radius 1 is 0.345 bits per heavy atom.